The van der Waals surface area contributed by atoms with E-state index in [0.29, 0.717) is 0 Å². The van der Waals surface area contributed by atoms with Gasteiger partial charge in [0.05, 0.1) is 5.52 Å². The van der Waals surface area contributed by atoms with Crippen molar-refractivity contribution in [3.8, 4) is 0 Å². The molecule has 2 nitrogen and oxygen atoms in total. The molecule has 0 unspecified atom stereocenters. The molecule has 1 radical (unpaired) electrons. The number of para-hydroxylation sites is 1. The van der Waals surface area contributed by atoms with Crippen LogP contribution in [0.2, 0.25) is 0 Å². The first-order valence-corrected chi connectivity index (χ1v) is 3.70. The van der Waals surface area contributed by atoms with Gasteiger partial charge in [0.1, 0.15) is 0 Å². The second kappa shape index (κ2) is 2.48. The number of carbonyl (C=O) groups excluding carboxylic acids is 1. The predicted molar refractivity (Wildman–Crippen MR) is 48.5 cm³/mol. The van der Waals surface area contributed by atoms with E-state index in [1.54, 1.807) is 6.20 Å². The van der Waals surface area contributed by atoms with Crippen molar-refractivity contribution in [1.82, 2.24) is 4.57 Å². The highest BCUT2D eigenvalue weighted by Gasteiger charge is 2.01. The second-order valence-electron chi connectivity index (χ2n) is 2.68. The molecule has 0 aliphatic heterocycles. The van der Waals surface area contributed by atoms with Crippen molar-refractivity contribution in [1.29, 1.82) is 0 Å². The van der Waals surface area contributed by atoms with Gasteiger partial charge in [-0.05, 0) is 18.6 Å². The van der Waals surface area contributed by atoms with Crippen LogP contribution in [0.3, 0.4) is 0 Å². The van der Waals surface area contributed by atoms with Gasteiger partial charge in [0.25, 0.3) is 0 Å². The first kappa shape index (κ1) is 7.10. The summed E-state index contributed by atoms with van der Waals surface area (Å²) in [6.45, 7) is 3.84. The van der Waals surface area contributed by atoms with Gasteiger partial charge in [0.2, 0.25) is 6.41 Å². The van der Waals surface area contributed by atoms with E-state index in [4.69, 9.17) is 0 Å². The van der Waals surface area contributed by atoms with Gasteiger partial charge in [0, 0.05) is 11.6 Å². The summed E-state index contributed by atoms with van der Waals surface area (Å²) in [7, 11) is 0. The molecule has 2 aromatic rings. The van der Waals surface area contributed by atoms with E-state index in [1.807, 2.05) is 24.3 Å². The zero-order valence-corrected chi connectivity index (χ0v) is 6.53. The molecule has 0 bridgehead atoms. The summed E-state index contributed by atoms with van der Waals surface area (Å²) in [4.78, 5) is 10.6. The van der Waals surface area contributed by atoms with Crippen LogP contribution in [-0.2, 0) is 4.79 Å². The lowest BCUT2D eigenvalue weighted by Crippen LogP contribution is -1.89. The maximum absolute atomic E-state index is 10.6. The summed E-state index contributed by atoms with van der Waals surface area (Å²) in [6.07, 6.45) is 2.52. The Bertz CT molecular complexity index is 428. The Morgan fingerprint density at radius 1 is 1.33 bits per heavy atom. The minimum absolute atomic E-state index is 0.789. The van der Waals surface area contributed by atoms with Gasteiger partial charge in [-0.25, -0.2) is 0 Å². The molecule has 59 valence electrons. The van der Waals surface area contributed by atoms with Crippen molar-refractivity contribution >= 4 is 17.3 Å². The summed E-state index contributed by atoms with van der Waals surface area (Å²) in [6, 6.07) is 7.70. The molecule has 1 heterocycles. The summed E-state index contributed by atoms with van der Waals surface area (Å²) in [5.74, 6) is 0. The van der Waals surface area contributed by atoms with Crippen molar-refractivity contribution < 1.29 is 4.79 Å². The Labute approximate surface area is 70.4 Å². The SMILES string of the molecule is [CH2]c1cn(C=O)c2ccccc12. The topological polar surface area (TPSA) is 22.0 Å². The molecule has 0 N–H and O–H groups in total. The molecule has 12 heavy (non-hydrogen) atoms. The number of benzene rings is 1. The Morgan fingerprint density at radius 3 is 2.83 bits per heavy atom. The lowest BCUT2D eigenvalue weighted by Gasteiger charge is -1.91. The van der Waals surface area contributed by atoms with Crippen molar-refractivity contribution in [2.45, 2.75) is 0 Å². The van der Waals surface area contributed by atoms with Crippen LogP contribution in [0.25, 0.3) is 10.9 Å². The van der Waals surface area contributed by atoms with E-state index in [-0.39, 0.29) is 0 Å². The Morgan fingerprint density at radius 2 is 2.08 bits per heavy atom. The number of rotatable bonds is 1. The van der Waals surface area contributed by atoms with E-state index >= 15 is 0 Å². The fraction of sp³-hybridized carbons (Fsp3) is 0. The molecular formula is C10H8NO. The van der Waals surface area contributed by atoms with Crippen LogP contribution >= 0.6 is 0 Å². The molecule has 2 heteroatoms. The monoisotopic (exact) mass is 158 g/mol. The Hall–Kier alpha value is -1.57. The highest BCUT2D eigenvalue weighted by atomic mass is 16.1. The van der Waals surface area contributed by atoms with E-state index in [9.17, 15) is 4.79 Å². The van der Waals surface area contributed by atoms with Crippen LogP contribution in [-0.4, -0.2) is 11.0 Å². The number of aromatic nitrogens is 1. The maximum Gasteiger partial charge on any atom is 0.218 e. The third kappa shape index (κ3) is 0.848. The van der Waals surface area contributed by atoms with E-state index in [2.05, 4.69) is 6.92 Å². The maximum atomic E-state index is 10.6. The number of hydrogen-bond donors (Lipinski definition) is 0. The van der Waals surface area contributed by atoms with Gasteiger partial charge in [0.15, 0.2) is 0 Å². The molecule has 0 saturated heterocycles. The third-order valence-corrected chi connectivity index (χ3v) is 1.94. The van der Waals surface area contributed by atoms with Gasteiger partial charge in [-0.2, -0.15) is 0 Å². The number of nitrogens with zero attached hydrogens (tertiary/aromatic N) is 1. The van der Waals surface area contributed by atoms with Crippen LogP contribution < -0.4 is 0 Å². The normalized spacial score (nSPS) is 10.4. The van der Waals surface area contributed by atoms with Crippen LogP contribution in [0.1, 0.15) is 5.56 Å². The van der Waals surface area contributed by atoms with Crippen molar-refractivity contribution in [2.24, 2.45) is 0 Å². The van der Waals surface area contributed by atoms with Crippen LogP contribution in [0, 0.1) is 6.92 Å². The van der Waals surface area contributed by atoms with Crippen molar-refractivity contribution in [3.63, 3.8) is 0 Å². The highest BCUT2D eigenvalue weighted by Crippen LogP contribution is 2.18. The fourth-order valence-electron chi connectivity index (χ4n) is 1.36. The van der Waals surface area contributed by atoms with Crippen LogP contribution in [0.5, 0.6) is 0 Å². The molecule has 1 aromatic carbocycles. The van der Waals surface area contributed by atoms with Gasteiger partial charge in [-0.1, -0.05) is 18.2 Å². The van der Waals surface area contributed by atoms with Crippen LogP contribution in [0.15, 0.2) is 30.5 Å². The first-order chi connectivity index (χ1) is 5.83. The van der Waals surface area contributed by atoms with Crippen molar-refractivity contribution in [3.05, 3.63) is 42.9 Å². The minimum Gasteiger partial charge on any atom is -0.290 e. The molecule has 0 amide bonds. The standard InChI is InChI=1S/C10H8NO/c1-8-6-11(7-12)10-5-3-2-4-9(8)10/h2-7H,1H2. The second-order valence-corrected chi connectivity index (χ2v) is 2.68. The van der Waals surface area contributed by atoms with Gasteiger partial charge >= 0.3 is 0 Å². The molecule has 2 rings (SSSR count). The third-order valence-electron chi connectivity index (χ3n) is 1.94. The summed E-state index contributed by atoms with van der Waals surface area (Å²) in [5.41, 5.74) is 1.80. The lowest BCUT2D eigenvalue weighted by molar-refractivity contribution is 0.549. The molecule has 0 spiro atoms. The summed E-state index contributed by atoms with van der Waals surface area (Å²) in [5, 5.41) is 1.03. The molecule has 0 aliphatic rings. The quantitative estimate of drug-likeness (QED) is 0.580. The average Bonchev–Trinajstić information content (AvgIpc) is 2.44. The zero-order chi connectivity index (χ0) is 8.55. The number of carbonyl (C=O) groups is 1. The molecule has 1 aromatic heterocycles. The molecule has 0 fully saturated rings. The largest absolute Gasteiger partial charge is 0.290 e. The lowest BCUT2D eigenvalue weighted by atomic mass is 10.2. The predicted octanol–water partition coefficient (Wildman–Crippen LogP) is 1.86. The molecule has 0 aliphatic carbocycles. The highest BCUT2D eigenvalue weighted by molar-refractivity contribution is 5.89. The zero-order valence-electron chi connectivity index (χ0n) is 6.53. The van der Waals surface area contributed by atoms with Crippen molar-refractivity contribution in [2.75, 3.05) is 0 Å². The molecule has 0 saturated carbocycles. The summed E-state index contributed by atoms with van der Waals surface area (Å²) >= 11 is 0. The Kier molecular flexibility index (Phi) is 1.47. The van der Waals surface area contributed by atoms with E-state index < -0.39 is 0 Å². The number of hydrogen-bond acceptors (Lipinski definition) is 1. The smallest absolute Gasteiger partial charge is 0.218 e. The molecular weight excluding hydrogens is 150 g/mol. The van der Waals surface area contributed by atoms with E-state index in [1.165, 1.54) is 4.57 Å². The fourth-order valence-corrected chi connectivity index (χ4v) is 1.36. The van der Waals surface area contributed by atoms with E-state index in [0.717, 1.165) is 22.9 Å². The first-order valence-electron chi connectivity index (χ1n) is 3.70. The van der Waals surface area contributed by atoms with Crippen LogP contribution in [0.4, 0.5) is 0 Å². The molecule has 0 atom stereocenters. The van der Waals surface area contributed by atoms with Gasteiger partial charge in [-0.15, -0.1) is 0 Å². The average molecular weight is 158 g/mol. The minimum atomic E-state index is 0.789. The van der Waals surface area contributed by atoms with Gasteiger partial charge < -0.3 is 0 Å². The summed E-state index contributed by atoms with van der Waals surface area (Å²) < 4.78 is 1.54. The number of fused-ring (bicyclic) bond motifs is 1. The Balaban J connectivity index is 2.91. The van der Waals surface area contributed by atoms with Gasteiger partial charge in [-0.3, -0.25) is 9.36 Å².